The van der Waals surface area contributed by atoms with Gasteiger partial charge in [0.15, 0.2) is 5.78 Å². The predicted molar refractivity (Wildman–Crippen MR) is 48.3 cm³/mol. The number of rotatable bonds is 5. The molecule has 1 N–H and O–H groups in total. The van der Waals surface area contributed by atoms with Gasteiger partial charge in [-0.05, 0) is 19.9 Å². The summed E-state index contributed by atoms with van der Waals surface area (Å²) in [7, 11) is 0. The minimum Gasteiger partial charge on any atom is -0.293 e. The van der Waals surface area contributed by atoms with Crippen molar-refractivity contribution < 1.29 is 9.63 Å². The van der Waals surface area contributed by atoms with E-state index in [0.717, 1.165) is 5.57 Å². The summed E-state index contributed by atoms with van der Waals surface area (Å²) >= 11 is 0. The maximum atomic E-state index is 10.9. The molecule has 0 aliphatic carbocycles. The molecule has 0 aromatic heterocycles. The van der Waals surface area contributed by atoms with E-state index in [9.17, 15) is 4.79 Å². The van der Waals surface area contributed by atoms with Crippen LogP contribution in [0.5, 0.6) is 0 Å². The Hall–Kier alpha value is -1.09. The highest BCUT2D eigenvalue weighted by molar-refractivity contribution is 5.92. The minimum atomic E-state index is -0.0635. The molecular weight excluding hydrogens is 154 g/mol. The Labute approximate surface area is 73.1 Å². The average Bonchev–Trinajstić information content (AvgIpc) is 1.96. The second-order valence-corrected chi connectivity index (χ2v) is 2.50. The van der Waals surface area contributed by atoms with Crippen LogP contribution in [0.3, 0.4) is 0 Å². The third kappa shape index (κ3) is 4.68. The molecule has 3 heteroatoms. The van der Waals surface area contributed by atoms with Gasteiger partial charge in [0.1, 0.15) is 5.70 Å². The molecule has 0 spiro atoms. The Morgan fingerprint density at radius 1 is 1.58 bits per heavy atom. The van der Waals surface area contributed by atoms with Crippen molar-refractivity contribution in [2.24, 2.45) is 0 Å². The molecule has 12 heavy (non-hydrogen) atoms. The van der Waals surface area contributed by atoms with Gasteiger partial charge >= 0.3 is 0 Å². The van der Waals surface area contributed by atoms with E-state index in [1.165, 1.54) is 6.92 Å². The van der Waals surface area contributed by atoms with Gasteiger partial charge in [-0.3, -0.25) is 15.1 Å². The summed E-state index contributed by atoms with van der Waals surface area (Å²) < 4.78 is 0. The molecule has 0 saturated carbocycles. The largest absolute Gasteiger partial charge is 0.293 e. The Kier molecular flexibility index (Phi) is 5.04. The number of carbonyl (C=O) groups is 1. The number of nitrogens with one attached hydrogen (secondary N) is 1. The summed E-state index contributed by atoms with van der Waals surface area (Å²) in [5.74, 6) is -0.0635. The van der Waals surface area contributed by atoms with E-state index in [4.69, 9.17) is 4.84 Å². The Bertz CT molecular complexity index is 207. The molecule has 3 nitrogen and oxygen atoms in total. The van der Waals surface area contributed by atoms with Crippen molar-refractivity contribution in [3.63, 3.8) is 0 Å². The lowest BCUT2D eigenvalue weighted by Crippen LogP contribution is -2.19. The summed E-state index contributed by atoms with van der Waals surface area (Å²) in [5.41, 5.74) is 3.80. The maximum absolute atomic E-state index is 10.9. The van der Waals surface area contributed by atoms with Crippen LogP contribution < -0.4 is 5.48 Å². The van der Waals surface area contributed by atoms with E-state index in [1.54, 1.807) is 6.08 Å². The molecule has 0 fully saturated rings. The van der Waals surface area contributed by atoms with Crippen LogP contribution in [-0.2, 0) is 9.63 Å². The van der Waals surface area contributed by atoms with Crippen LogP contribution >= 0.6 is 0 Å². The van der Waals surface area contributed by atoms with Crippen LogP contribution in [0.2, 0.25) is 0 Å². The van der Waals surface area contributed by atoms with E-state index in [-0.39, 0.29) is 5.78 Å². The lowest BCUT2D eigenvalue weighted by molar-refractivity contribution is -0.115. The first-order chi connectivity index (χ1) is 5.57. The predicted octanol–water partition coefficient (Wildman–Crippen LogP) is 1.58. The van der Waals surface area contributed by atoms with Crippen LogP contribution in [0.25, 0.3) is 0 Å². The van der Waals surface area contributed by atoms with E-state index >= 15 is 0 Å². The van der Waals surface area contributed by atoms with Gasteiger partial charge in [-0.2, -0.15) is 0 Å². The molecule has 0 heterocycles. The monoisotopic (exact) mass is 169 g/mol. The molecule has 0 saturated heterocycles. The van der Waals surface area contributed by atoms with E-state index in [2.05, 4.69) is 12.1 Å². The molecule has 0 aromatic carbocycles. The van der Waals surface area contributed by atoms with Gasteiger partial charge in [-0.25, -0.2) is 0 Å². The lowest BCUT2D eigenvalue weighted by Gasteiger charge is -2.06. The minimum absolute atomic E-state index is 0.0635. The zero-order chi connectivity index (χ0) is 9.56. The van der Waals surface area contributed by atoms with Crippen molar-refractivity contribution in [2.45, 2.75) is 20.8 Å². The topological polar surface area (TPSA) is 38.3 Å². The highest BCUT2D eigenvalue weighted by Gasteiger charge is 2.01. The summed E-state index contributed by atoms with van der Waals surface area (Å²) in [6.45, 7) is 9.30. The number of Topliss-reactive ketones (excluding diaryl/α,β-unsaturated/α-hetero) is 1. The second kappa shape index (κ2) is 5.55. The van der Waals surface area contributed by atoms with Crippen LogP contribution in [0.15, 0.2) is 23.9 Å². The van der Waals surface area contributed by atoms with E-state index < -0.39 is 0 Å². The van der Waals surface area contributed by atoms with Gasteiger partial charge in [-0.1, -0.05) is 12.2 Å². The zero-order valence-corrected chi connectivity index (χ0v) is 7.81. The van der Waals surface area contributed by atoms with Crippen molar-refractivity contribution >= 4 is 5.78 Å². The van der Waals surface area contributed by atoms with Gasteiger partial charge in [0.2, 0.25) is 0 Å². The number of hydroxylamine groups is 1. The highest BCUT2D eigenvalue weighted by Crippen LogP contribution is 1.97. The smallest absolute Gasteiger partial charge is 0.177 e. The molecule has 0 bridgehead atoms. The zero-order valence-electron chi connectivity index (χ0n) is 7.81. The molecular formula is C9H15NO2. The molecule has 0 radical (unpaired) electrons. The molecule has 0 aliphatic rings. The van der Waals surface area contributed by atoms with Crippen LogP contribution in [0.1, 0.15) is 20.8 Å². The number of ketones is 1. The SMILES string of the molecule is C=C(C)C=C(NOCC)C(C)=O. The fourth-order valence-corrected chi connectivity index (χ4v) is 0.599. The number of allylic oxidation sites excluding steroid dienone is 3. The Morgan fingerprint density at radius 2 is 2.17 bits per heavy atom. The maximum Gasteiger partial charge on any atom is 0.177 e. The van der Waals surface area contributed by atoms with Crippen molar-refractivity contribution in [1.29, 1.82) is 0 Å². The summed E-state index contributed by atoms with van der Waals surface area (Å²) in [6.07, 6.45) is 1.65. The number of hydrogen-bond donors (Lipinski definition) is 1. The van der Waals surface area contributed by atoms with Crippen LogP contribution in [0, 0.1) is 0 Å². The third-order valence-electron chi connectivity index (χ3n) is 1.10. The highest BCUT2D eigenvalue weighted by atomic mass is 16.6. The van der Waals surface area contributed by atoms with Gasteiger partial charge in [0.25, 0.3) is 0 Å². The Morgan fingerprint density at radius 3 is 2.50 bits per heavy atom. The van der Waals surface area contributed by atoms with Crippen LogP contribution in [-0.4, -0.2) is 12.4 Å². The summed E-state index contributed by atoms with van der Waals surface area (Å²) in [4.78, 5) is 15.8. The van der Waals surface area contributed by atoms with Crippen molar-refractivity contribution in [2.75, 3.05) is 6.61 Å². The van der Waals surface area contributed by atoms with Crippen LogP contribution in [0.4, 0.5) is 0 Å². The fraction of sp³-hybridized carbons (Fsp3) is 0.444. The Balaban J connectivity index is 4.23. The van der Waals surface area contributed by atoms with Crippen molar-refractivity contribution in [1.82, 2.24) is 5.48 Å². The molecule has 0 unspecified atom stereocenters. The van der Waals surface area contributed by atoms with Gasteiger partial charge in [-0.15, -0.1) is 0 Å². The number of hydrogen-bond acceptors (Lipinski definition) is 3. The molecule has 0 aromatic rings. The number of carbonyl (C=O) groups excluding carboxylic acids is 1. The molecule has 0 aliphatic heterocycles. The van der Waals surface area contributed by atoms with Crippen molar-refractivity contribution in [3.8, 4) is 0 Å². The van der Waals surface area contributed by atoms with E-state index in [1.807, 2.05) is 13.8 Å². The summed E-state index contributed by atoms with van der Waals surface area (Å²) in [6, 6.07) is 0. The lowest BCUT2D eigenvalue weighted by atomic mass is 10.2. The standard InChI is InChI=1S/C9H15NO2/c1-5-12-10-9(8(4)11)6-7(2)3/h6,10H,2,5H2,1,3-4H3. The molecule has 0 atom stereocenters. The normalized spacial score (nSPS) is 11.1. The fourth-order valence-electron chi connectivity index (χ4n) is 0.599. The first-order valence-corrected chi connectivity index (χ1v) is 3.83. The summed E-state index contributed by atoms with van der Waals surface area (Å²) in [5, 5.41) is 0. The second-order valence-electron chi connectivity index (χ2n) is 2.50. The molecule has 0 rings (SSSR count). The van der Waals surface area contributed by atoms with Gasteiger partial charge < -0.3 is 0 Å². The van der Waals surface area contributed by atoms with Gasteiger partial charge in [0.05, 0.1) is 6.61 Å². The molecule has 0 amide bonds. The quantitative estimate of drug-likeness (QED) is 0.386. The molecule has 68 valence electrons. The van der Waals surface area contributed by atoms with Gasteiger partial charge in [0, 0.05) is 6.92 Å². The van der Waals surface area contributed by atoms with Crippen molar-refractivity contribution in [3.05, 3.63) is 23.9 Å². The first-order valence-electron chi connectivity index (χ1n) is 3.83. The average molecular weight is 169 g/mol. The van der Waals surface area contributed by atoms with E-state index in [0.29, 0.717) is 12.3 Å². The third-order valence-corrected chi connectivity index (χ3v) is 1.10. The first kappa shape index (κ1) is 10.9.